The SMILES string of the molecule is COc1ccc(S(=O)(=O)N[C@@H]2C[C@H]3CC[C@H]2C3)cc1C(=O)N1CCCC1. The molecule has 3 atom stereocenters. The first-order chi connectivity index (χ1) is 12.5. The van der Waals surface area contributed by atoms with Gasteiger partial charge in [0.1, 0.15) is 5.75 Å². The van der Waals surface area contributed by atoms with E-state index in [1.807, 2.05) is 0 Å². The number of carbonyl (C=O) groups is 1. The van der Waals surface area contributed by atoms with Gasteiger partial charge in [-0.1, -0.05) is 6.42 Å². The summed E-state index contributed by atoms with van der Waals surface area (Å²) in [5.41, 5.74) is 0.324. The average Bonchev–Trinajstić information content (AvgIpc) is 3.38. The molecule has 142 valence electrons. The Morgan fingerprint density at radius 2 is 1.96 bits per heavy atom. The van der Waals surface area contributed by atoms with Crippen LogP contribution in [0.2, 0.25) is 0 Å². The topological polar surface area (TPSA) is 75.7 Å². The highest BCUT2D eigenvalue weighted by atomic mass is 32.2. The molecular formula is C19H26N2O4S. The minimum absolute atomic E-state index is 0.0265. The van der Waals surface area contributed by atoms with Crippen LogP contribution in [0.1, 0.15) is 48.9 Å². The van der Waals surface area contributed by atoms with E-state index in [1.54, 1.807) is 11.0 Å². The lowest BCUT2D eigenvalue weighted by atomic mass is 9.96. The lowest BCUT2D eigenvalue weighted by Gasteiger charge is -2.23. The predicted octanol–water partition coefficient (Wildman–Crippen LogP) is 2.40. The van der Waals surface area contributed by atoms with E-state index in [-0.39, 0.29) is 16.8 Å². The lowest BCUT2D eigenvalue weighted by molar-refractivity contribution is 0.0789. The zero-order chi connectivity index (χ0) is 18.3. The van der Waals surface area contributed by atoms with Gasteiger partial charge in [0.25, 0.3) is 5.91 Å². The highest BCUT2D eigenvalue weighted by Gasteiger charge is 2.41. The summed E-state index contributed by atoms with van der Waals surface area (Å²) in [4.78, 5) is 14.7. The quantitative estimate of drug-likeness (QED) is 0.854. The number of nitrogens with zero attached hydrogens (tertiary/aromatic N) is 1. The smallest absolute Gasteiger partial charge is 0.257 e. The maximum absolute atomic E-state index is 12.9. The number of hydrogen-bond acceptors (Lipinski definition) is 4. The standard InChI is InChI=1S/C19H26N2O4S/c1-25-18-7-6-15(12-16(18)19(22)21-8-2-3-9-21)26(23,24)20-17-11-13-4-5-14(17)10-13/h6-7,12-14,17,20H,2-5,8-11H2,1H3/t13-,14-,17+/m0/s1. The van der Waals surface area contributed by atoms with Crippen molar-refractivity contribution in [1.29, 1.82) is 0 Å². The highest BCUT2D eigenvalue weighted by molar-refractivity contribution is 7.89. The second-order valence-electron chi connectivity index (χ2n) is 7.76. The van der Waals surface area contributed by atoms with Gasteiger partial charge < -0.3 is 9.64 Å². The van der Waals surface area contributed by atoms with Gasteiger partial charge in [-0.2, -0.15) is 0 Å². The van der Waals surface area contributed by atoms with Gasteiger partial charge in [-0.25, -0.2) is 13.1 Å². The first-order valence-electron chi connectivity index (χ1n) is 9.47. The van der Waals surface area contributed by atoms with E-state index >= 15 is 0 Å². The van der Waals surface area contributed by atoms with Gasteiger partial charge in [0.15, 0.2) is 0 Å². The third kappa shape index (κ3) is 3.22. The summed E-state index contributed by atoms with van der Waals surface area (Å²) in [5.74, 6) is 1.38. The molecule has 1 heterocycles. The second kappa shape index (κ2) is 6.85. The molecule has 7 heteroatoms. The van der Waals surface area contributed by atoms with E-state index in [9.17, 15) is 13.2 Å². The maximum Gasteiger partial charge on any atom is 0.257 e. The van der Waals surface area contributed by atoms with Gasteiger partial charge in [-0.05, 0) is 62.1 Å². The van der Waals surface area contributed by atoms with E-state index in [1.165, 1.54) is 25.7 Å². The van der Waals surface area contributed by atoms with Gasteiger partial charge in [-0.3, -0.25) is 4.79 Å². The fourth-order valence-corrected chi connectivity index (χ4v) is 6.11. The Morgan fingerprint density at radius 1 is 1.19 bits per heavy atom. The van der Waals surface area contributed by atoms with Crippen molar-refractivity contribution < 1.29 is 17.9 Å². The number of benzene rings is 1. The van der Waals surface area contributed by atoms with Crippen molar-refractivity contribution in [2.75, 3.05) is 20.2 Å². The molecule has 0 spiro atoms. The molecule has 1 N–H and O–H groups in total. The summed E-state index contributed by atoms with van der Waals surface area (Å²) in [6.45, 7) is 1.42. The van der Waals surface area contributed by atoms with Crippen LogP contribution >= 0.6 is 0 Å². The number of carbonyl (C=O) groups excluding carboxylic acids is 1. The molecule has 1 aromatic carbocycles. The largest absolute Gasteiger partial charge is 0.496 e. The molecule has 1 aliphatic heterocycles. The van der Waals surface area contributed by atoms with Crippen molar-refractivity contribution >= 4 is 15.9 Å². The minimum atomic E-state index is -3.65. The van der Waals surface area contributed by atoms with Gasteiger partial charge in [0.05, 0.1) is 17.6 Å². The number of ether oxygens (including phenoxy) is 1. The molecule has 1 amide bonds. The number of hydrogen-bond donors (Lipinski definition) is 1. The molecule has 6 nitrogen and oxygen atoms in total. The molecule has 3 aliphatic rings. The zero-order valence-corrected chi connectivity index (χ0v) is 15.9. The van der Waals surface area contributed by atoms with Crippen LogP contribution in [-0.4, -0.2) is 45.5 Å². The zero-order valence-electron chi connectivity index (χ0n) is 15.1. The van der Waals surface area contributed by atoms with Crippen LogP contribution in [0.4, 0.5) is 0 Å². The first-order valence-corrected chi connectivity index (χ1v) is 11.0. The summed E-state index contributed by atoms with van der Waals surface area (Å²) in [6, 6.07) is 4.60. The molecule has 0 radical (unpaired) electrons. The van der Waals surface area contributed by atoms with Crippen LogP contribution in [0.25, 0.3) is 0 Å². The monoisotopic (exact) mass is 378 g/mol. The number of sulfonamides is 1. The summed E-state index contributed by atoms with van der Waals surface area (Å²) >= 11 is 0. The van der Waals surface area contributed by atoms with Crippen molar-refractivity contribution in [2.24, 2.45) is 11.8 Å². The minimum Gasteiger partial charge on any atom is -0.496 e. The first kappa shape index (κ1) is 17.8. The Bertz CT molecular complexity index is 802. The Balaban J connectivity index is 1.59. The van der Waals surface area contributed by atoms with E-state index in [0.29, 0.717) is 36.2 Å². The van der Waals surface area contributed by atoms with Crippen LogP contribution in [0.5, 0.6) is 5.75 Å². The van der Waals surface area contributed by atoms with Gasteiger partial charge in [-0.15, -0.1) is 0 Å². The normalized spacial score (nSPS) is 27.9. The summed E-state index contributed by atoms with van der Waals surface area (Å²) in [5, 5.41) is 0. The molecule has 1 saturated heterocycles. The molecule has 1 aromatic rings. The van der Waals surface area contributed by atoms with E-state index in [2.05, 4.69) is 4.72 Å². The molecule has 0 aromatic heterocycles. The average molecular weight is 378 g/mol. The van der Waals surface area contributed by atoms with Crippen molar-refractivity contribution in [1.82, 2.24) is 9.62 Å². The van der Waals surface area contributed by atoms with E-state index in [4.69, 9.17) is 4.74 Å². The van der Waals surface area contributed by atoms with Crippen LogP contribution in [0.15, 0.2) is 23.1 Å². The van der Waals surface area contributed by atoms with Gasteiger partial charge in [0, 0.05) is 19.1 Å². The number of amides is 1. The number of fused-ring (bicyclic) bond motifs is 2. The van der Waals surface area contributed by atoms with Gasteiger partial charge >= 0.3 is 0 Å². The summed E-state index contributed by atoms with van der Waals surface area (Å²) in [6.07, 6.45) is 6.36. The fraction of sp³-hybridized carbons (Fsp3) is 0.632. The lowest BCUT2D eigenvalue weighted by Crippen LogP contribution is -2.38. The van der Waals surface area contributed by atoms with Crippen molar-refractivity contribution in [3.63, 3.8) is 0 Å². The van der Waals surface area contributed by atoms with Crippen LogP contribution in [-0.2, 0) is 10.0 Å². The van der Waals surface area contributed by atoms with E-state index < -0.39 is 10.0 Å². The molecule has 2 aliphatic carbocycles. The van der Waals surface area contributed by atoms with Crippen molar-refractivity contribution in [2.45, 2.75) is 49.5 Å². The van der Waals surface area contributed by atoms with E-state index in [0.717, 1.165) is 32.1 Å². The van der Waals surface area contributed by atoms with Crippen molar-refractivity contribution in [3.8, 4) is 5.75 Å². The predicted molar refractivity (Wildman–Crippen MR) is 97.7 cm³/mol. The Morgan fingerprint density at radius 3 is 2.58 bits per heavy atom. The number of likely N-dealkylation sites (tertiary alicyclic amines) is 1. The third-order valence-corrected chi connectivity index (χ3v) is 7.64. The molecule has 26 heavy (non-hydrogen) atoms. The molecular weight excluding hydrogens is 352 g/mol. The highest BCUT2D eigenvalue weighted by Crippen LogP contribution is 2.44. The molecule has 4 rings (SSSR count). The molecule has 2 saturated carbocycles. The van der Waals surface area contributed by atoms with Crippen LogP contribution in [0, 0.1) is 11.8 Å². The number of rotatable bonds is 5. The second-order valence-corrected chi connectivity index (χ2v) is 9.48. The molecule has 0 unspecified atom stereocenters. The third-order valence-electron chi connectivity index (χ3n) is 6.15. The molecule has 3 fully saturated rings. The van der Waals surface area contributed by atoms with Crippen molar-refractivity contribution in [3.05, 3.63) is 23.8 Å². The maximum atomic E-state index is 12.9. The summed E-state index contributed by atoms with van der Waals surface area (Å²) < 4.78 is 34.0. The van der Waals surface area contributed by atoms with Gasteiger partial charge in [0.2, 0.25) is 10.0 Å². The number of methoxy groups -OCH3 is 1. The molecule has 2 bridgehead atoms. The Hall–Kier alpha value is -1.60. The number of nitrogens with one attached hydrogen (secondary N) is 1. The summed E-state index contributed by atoms with van der Waals surface area (Å²) in [7, 11) is -2.15. The fourth-order valence-electron chi connectivity index (χ4n) is 4.77. The Kier molecular flexibility index (Phi) is 4.69. The van der Waals surface area contributed by atoms with Crippen LogP contribution in [0.3, 0.4) is 0 Å². The Labute approximate surface area is 155 Å². The van der Waals surface area contributed by atoms with Crippen LogP contribution < -0.4 is 9.46 Å².